The number of carbonyl (C=O) groups is 4. The molecule has 3 aliphatic rings. The lowest BCUT2D eigenvalue weighted by molar-refractivity contribution is -0.144. The van der Waals surface area contributed by atoms with Crippen molar-refractivity contribution < 1.29 is 47.3 Å². The standard InChI is InChI=1S/C51H60ClF2N9O8S/c1-31-44(72-30-57-31)34-10-8-32(9-11-34)25-56-48(67)41-24-37(64)28-62(41)49(68)45(50(2,3)4)60-42(65)18-22-69-29-33-17-20-61(27-33)46-39(40-16-19-58-63(40)43-7-5-6-21-70-43)23-35(26-55-46)47(66)59-36-12-14-38(15-13-36)71-51(52,53)54/h8-16,19,23,26,30,33,37,41,43,45,64H,5-7,17-18,20-22,24-25,27-29H2,1-4H3,(H,56,67)(H,59,66)(H,60,65)/t33?,37-,41+,43?,45?/m1/s1. The number of alkyl halides is 3. The predicted octanol–water partition coefficient (Wildman–Crippen LogP) is 7.54. The highest BCUT2D eigenvalue weighted by Crippen LogP contribution is 2.37. The Hall–Kier alpha value is -6.06. The summed E-state index contributed by atoms with van der Waals surface area (Å²) in [7, 11) is 0. The number of hydrogen-bond donors (Lipinski definition) is 4. The van der Waals surface area contributed by atoms with Crippen molar-refractivity contribution in [2.75, 3.05) is 49.7 Å². The van der Waals surface area contributed by atoms with E-state index in [0.717, 1.165) is 53.1 Å². The lowest BCUT2D eigenvalue weighted by Crippen LogP contribution is -2.57. The first-order valence-corrected chi connectivity index (χ1v) is 25.4. The number of halogens is 3. The molecule has 5 aromatic rings. The zero-order valence-electron chi connectivity index (χ0n) is 40.6. The van der Waals surface area contributed by atoms with Crippen LogP contribution in [0.15, 0.2) is 78.6 Å². The number of β-amino-alcohol motifs (C(OH)–C–C–N with tert-alkyl or cyclic N) is 1. The number of aliphatic hydroxyl groups is 1. The molecule has 0 saturated carbocycles. The highest BCUT2D eigenvalue weighted by atomic mass is 35.5. The molecule has 8 rings (SSSR count). The van der Waals surface area contributed by atoms with Crippen LogP contribution in [-0.2, 0) is 30.4 Å². The summed E-state index contributed by atoms with van der Waals surface area (Å²) in [4.78, 5) is 68.5. The first kappa shape index (κ1) is 52.3. The Bertz CT molecular complexity index is 2690. The van der Waals surface area contributed by atoms with Crippen molar-refractivity contribution in [1.82, 2.24) is 35.3 Å². The lowest BCUT2D eigenvalue weighted by Gasteiger charge is -2.35. The van der Waals surface area contributed by atoms with Crippen LogP contribution in [0.25, 0.3) is 21.7 Å². The average molecular weight is 1030 g/mol. The van der Waals surface area contributed by atoms with E-state index in [-0.39, 0.29) is 67.8 Å². The highest BCUT2D eigenvalue weighted by Gasteiger charge is 2.44. The number of anilines is 2. The summed E-state index contributed by atoms with van der Waals surface area (Å²) in [5.74, 6) is -1.12. The van der Waals surface area contributed by atoms with E-state index in [9.17, 15) is 33.1 Å². The van der Waals surface area contributed by atoms with E-state index >= 15 is 0 Å². The number of pyridine rings is 1. The molecule has 5 atom stereocenters. The van der Waals surface area contributed by atoms with E-state index in [1.54, 1.807) is 29.1 Å². The third-order valence-corrected chi connectivity index (χ3v) is 14.0. The molecule has 0 aliphatic carbocycles. The summed E-state index contributed by atoms with van der Waals surface area (Å²) >= 11 is 6.46. The minimum Gasteiger partial charge on any atom is -0.420 e. The number of hydrogen-bond acceptors (Lipinski definition) is 13. The maximum absolute atomic E-state index is 14.2. The van der Waals surface area contributed by atoms with Gasteiger partial charge in [0, 0.05) is 86.8 Å². The maximum atomic E-state index is 14.2. The van der Waals surface area contributed by atoms with Crippen molar-refractivity contribution >= 4 is 58.1 Å². The summed E-state index contributed by atoms with van der Waals surface area (Å²) in [5.41, 5.74) is 2.07. The van der Waals surface area contributed by atoms with Crippen molar-refractivity contribution in [3.63, 3.8) is 0 Å². The lowest BCUT2D eigenvalue weighted by atomic mass is 9.85. The Labute approximate surface area is 425 Å². The van der Waals surface area contributed by atoms with Crippen LogP contribution in [0.2, 0.25) is 0 Å². The van der Waals surface area contributed by atoms with Gasteiger partial charge in [0.25, 0.3) is 5.91 Å². The summed E-state index contributed by atoms with van der Waals surface area (Å²) in [6.07, 6.45) is 5.54. The molecule has 17 nitrogen and oxygen atoms in total. The monoisotopic (exact) mass is 1030 g/mol. The van der Waals surface area contributed by atoms with Gasteiger partial charge in [0.05, 0.1) is 46.7 Å². The molecule has 4 amide bonds. The second-order valence-corrected chi connectivity index (χ2v) is 20.8. The highest BCUT2D eigenvalue weighted by molar-refractivity contribution is 7.13. The van der Waals surface area contributed by atoms with Crippen molar-refractivity contribution in [2.24, 2.45) is 11.3 Å². The van der Waals surface area contributed by atoms with Crippen LogP contribution in [-0.4, -0.2) is 117 Å². The fraction of sp³-hybridized carbons (Fsp3) is 0.471. The Kier molecular flexibility index (Phi) is 16.5. The van der Waals surface area contributed by atoms with E-state index in [1.807, 2.05) is 62.7 Å². The van der Waals surface area contributed by atoms with Gasteiger partial charge in [-0.05, 0) is 85.5 Å². The number of amides is 4. The van der Waals surface area contributed by atoms with E-state index in [0.29, 0.717) is 43.4 Å². The Morgan fingerprint density at radius 2 is 1.79 bits per heavy atom. The van der Waals surface area contributed by atoms with Crippen molar-refractivity contribution in [3.8, 4) is 27.4 Å². The Balaban J connectivity index is 0.856. The second kappa shape index (κ2) is 22.8. The van der Waals surface area contributed by atoms with Gasteiger partial charge in [0.2, 0.25) is 17.7 Å². The Morgan fingerprint density at radius 1 is 1.01 bits per heavy atom. The second-order valence-electron chi connectivity index (χ2n) is 19.5. The molecule has 3 unspecified atom stereocenters. The number of likely N-dealkylation sites (tertiary alicyclic amines) is 1. The van der Waals surface area contributed by atoms with Gasteiger partial charge < -0.3 is 45.1 Å². The van der Waals surface area contributed by atoms with Crippen LogP contribution in [0.5, 0.6) is 5.75 Å². The SMILES string of the molecule is Cc1ncsc1-c1ccc(CNC(=O)[C@@H]2C[C@@H](O)CN2C(=O)C(NC(=O)CCOCC2CCN(c3ncc(C(=O)Nc4ccc(OC(F)(F)Cl)cc4)cc3-c3ccnn3C3CCCCO3)C2)C(C)(C)C)cc1. The fourth-order valence-corrected chi connectivity index (χ4v) is 10.1. The molecule has 3 saturated heterocycles. The Morgan fingerprint density at radius 3 is 2.49 bits per heavy atom. The van der Waals surface area contributed by atoms with Crippen LogP contribution in [0.1, 0.15) is 87.1 Å². The van der Waals surface area contributed by atoms with Gasteiger partial charge in [-0.1, -0.05) is 45.0 Å². The average Bonchev–Trinajstić information content (AvgIpc) is 4.19. The van der Waals surface area contributed by atoms with Crippen molar-refractivity contribution in [3.05, 3.63) is 95.4 Å². The van der Waals surface area contributed by atoms with E-state index in [4.69, 9.17) is 26.1 Å². The number of aryl methyl sites for hydroxylation is 1. The number of carbonyl (C=O) groups excluding carboxylic acids is 4. The first-order valence-electron chi connectivity index (χ1n) is 24.1. The topological polar surface area (TPSA) is 202 Å². The number of ether oxygens (including phenoxy) is 3. The predicted molar refractivity (Wildman–Crippen MR) is 268 cm³/mol. The number of aromatic nitrogens is 4. The third kappa shape index (κ3) is 13.1. The molecular formula is C51H60ClF2N9O8S. The van der Waals surface area contributed by atoms with Gasteiger partial charge in [-0.15, -0.1) is 20.1 Å². The zero-order chi connectivity index (χ0) is 51.2. The minimum atomic E-state index is -3.88. The zero-order valence-corrected chi connectivity index (χ0v) is 42.2. The molecule has 384 valence electrons. The number of benzene rings is 2. The van der Waals surface area contributed by atoms with Crippen molar-refractivity contribution in [1.29, 1.82) is 0 Å². The van der Waals surface area contributed by atoms with Gasteiger partial charge in [0.15, 0.2) is 6.23 Å². The fourth-order valence-electron chi connectivity index (χ4n) is 9.23. The van der Waals surface area contributed by atoms with Crippen LogP contribution in [0.3, 0.4) is 0 Å². The molecule has 3 aromatic heterocycles. The molecule has 0 spiro atoms. The van der Waals surface area contributed by atoms with Crippen LogP contribution in [0.4, 0.5) is 20.3 Å². The largest absolute Gasteiger partial charge is 0.487 e. The molecule has 3 fully saturated rings. The number of rotatable bonds is 18. The van der Waals surface area contributed by atoms with Gasteiger partial charge >= 0.3 is 5.57 Å². The summed E-state index contributed by atoms with van der Waals surface area (Å²) in [5, 5.41) is 23.9. The van der Waals surface area contributed by atoms with E-state index < -0.39 is 41.0 Å². The third-order valence-electron chi connectivity index (χ3n) is 13.0. The maximum Gasteiger partial charge on any atom is 0.487 e. The molecule has 21 heteroatoms. The van der Waals surface area contributed by atoms with Crippen LogP contribution in [0, 0.1) is 18.3 Å². The normalized spacial score (nSPS) is 19.8. The molecule has 0 bridgehead atoms. The number of thiazole rings is 1. The first-order chi connectivity index (χ1) is 34.4. The van der Waals surface area contributed by atoms with Gasteiger partial charge in [-0.3, -0.25) is 19.2 Å². The van der Waals surface area contributed by atoms with Gasteiger partial charge in [-0.25, -0.2) is 14.6 Å². The number of aliphatic hydroxyl groups excluding tert-OH is 1. The smallest absolute Gasteiger partial charge is 0.420 e. The van der Waals surface area contributed by atoms with E-state index in [1.165, 1.54) is 35.4 Å². The molecule has 6 heterocycles. The minimum absolute atomic E-state index is 0.00603. The molecule has 4 N–H and O–H groups in total. The van der Waals surface area contributed by atoms with E-state index in [2.05, 4.69) is 35.7 Å². The van der Waals surface area contributed by atoms with Crippen LogP contribution < -0.4 is 25.6 Å². The summed E-state index contributed by atoms with van der Waals surface area (Å²) in [6, 6.07) is 15.0. The molecule has 0 radical (unpaired) electrons. The van der Waals surface area contributed by atoms with Gasteiger partial charge in [0.1, 0.15) is 23.7 Å². The quantitative estimate of drug-likeness (QED) is 0.0497. The molecule has 2 aromatic carbocycles. The molecule has 72 heavy (non-hydrogen) atoms. The molecular weight excluding hydrogens is 972 g/mol. The number of nitrogens with one attached hydrogen (secondary N) is 3. The van der Waals surface area contributed by atoms with Gasteiger partial charge in [-0.2, -0.15) is 5.10 Å². The number of nitrogens with zero attached hydrogens (tertiary/aromatic N) is 6. The van der Waals surface area contributed by atoms with Crippen molar-refractivity contribution in [2.45, 2.75) is 103 Å². The summed E-state index contributed by atoms with van der Waals surface area (Å²) < 4.78 is 44.6. The van der Waals surface area contributed by atoms with Crippen LogP contribution >= 0.6 is 22.9 Å². The molecule has 3 aliphatic heterocycles. The summed E-state index contributed by atoms with van der Waals surface area (Å²) in [6.45, 7) is 9.98.